The first kappa shape index (κ1) is 22.8. The molecule has 168 valence electrons. The van der Waals surface area contributed by atoms with Crippen LogP contribution in [0.4, 0.5) is 0 Å². The third kappa shape index (κ3) is 4.82. The Morgan fingerprint density at radius 2 is 1.81 bits per heavy atom. The second-order valence-corrected chi connectivity index (χ2v) is 9.81. The van der Waals surface area contributed by atoms with Gasteiger partial charge in [-0.25, -0.2) is 13.1 Å². The maximum atomic E-state index is 13.0. The molecule has 3 aromatic rings. The molecule has 11 heteroatoms. The van der Waals surface area contributed by atoms with Crippen LogP contribution in [0.1, 0.15) is 15.9 Å². The van der Waals surface area contributed by atoms with Gasteiger partial charge in [0.1, 0.15) is 4.90 Å². The molecule has 0 saturated carbocycles. The Balaban J connectivity index is 1.51. The van der Waals surface area contributed by atoms with Gasteiger partial charge in [0.05, 0.1) is 40.7 Å². The Bertz CT molecular complexity index is 1230. The lowest BCUT2D eigenvalue weighted by Gasteiger charge is -2.26. The lowest BCUT2D eigenvalue weighted by Crippen LogP contribution is -2.40. The van der Waals surface area contributed by atoms with E-state index in [1.54, 1.807) is 17.1 Å². The quantitative estimate of drug-likeness (QED) is 0.567. The highest BCUT2D eigenvalue weighted by Crippen LogP contribution is 2.31. The number of amides is 1. The van der Waals surface area contributed by atoms with Crippen LogP contribution < -0.4 is 5.32 Å². The Labute approximate surface area is 195 Å². The van der Waals surface area contributed by atoms with Gasteiger partial charge in [0.2, 0.25) is 10.0 Å². The molecule has 0 bridgehead atoms. The number of nitrogens with zero attached hydrogens (tertiary/aromatic N) is 3. The van der Waals surface area contributed by atoms with E-state index >= 15 is 0 Å². The number of ether oxygens (including phenoxy) is 1. The third-order valence-corrected chi connectivity index (χ3v) is 7.64. The topological polar surface area (TPSA) is 93.5 Å². The van der Waals surface area contributed by atoms with Crippen LogP contribution in [0, 0.1) is 0 Å². The molecule has 32 heavy (non-hydrogen) atoms. The maximum Gasteiger partial charge on any atom is 0.253 e. The molecule has 0 spiro atoms. The lowest BCUT2D eigenvalue weighted by molar-refractivity contribution is 0.0730. The Kier molecular flexibility index (Phi) is 6.82. The summed E-state index contributed by atoms with van der Waals surface area (Å²) >= 11 is 12.4. The number of halogens is 2. The summed E-state index contributed by atoms with van der Waals surface area (Å²) in [5.41, 5.74) is 1.69. The van der Waals surface area contributed by atoms with E-state index in [-0.39, 0.29) is 40.1 Å². The first-order chi connectivity index (χ1) is 15.4. The Morgan fingerprint density at radius 1 is 1.09 bits per heavy atom. The highest BCUT2D eigenvalue weighted by atomic mass is 35.5. The number of rotatable bonds is 6. The Morgan fingerprint density at radius 3 is 2.53 bits per heavy atom. The maximum absolute atomic E-state index is 13.0. The predicted molar refractivity (Wildman–Crippen MR) is 121 cm³/mol. The van der Waals surface area contributed by atoms with Crippen molar-refractivity contribution in [1.82, 2.24) is 19.4 Å². The highest BCUT2D eigenvalue weighted by Gasteiger charge is 2.30. The van der Waals surface area contributed by atoms with Crippen LogP contribution >= 0.6 is 23.2 Å². The summed E-state index contributed by atoms with van der Waals surface area (Å²) in [7, 11) is -3.89. The standard InChI is InChI=1S/C21H20Cl2N4O4S/c22-18-11-19(23)20(32(29,30)26-6-8-31-9-7-26)10-17(18)21(28)24-12-15-13-25-27(14-15)16-4-2-1-3-5-16/h1-5,10-11,13-14H,6-9,12H2,(H,24,28). The van der Waals surface area contributed by atoms with E-state index in [0.717, 1.165) is 11.3 Å². The number of carbonyl (C=O) groups is 1. The van der Waals surface area contributed by atoms with Gasteiger partial charge >= 0.3 is 0 Å². The first-order valence-corrected chi connectivity index (χ1v) is 12.0. The van der Waals surface area contributed by atoms with E-state index in [2.05, 4.69) is 10.4 Å². The number of para-hydroxylation sites is 1. The number of morpholine rings is 1. The molecule has 4 rings (SSSR count). The van der Waals surface area contributed by atoms with Gasteiger partial charge in [0, 0.05) is 31.4 Å². The van der Waals surface area contributed by atoms with Gasteiger partial charge in [-0.2, -0.15) is 9.40 Å². The number of aromatic nitrogens is 2. The number of benzene rings is 2. The fraction of sp³-hybridized carbons (Fsp3) is 0.238. The summed E-state index contributed by atoms with van der Waals surface area (Å²) in [6.07, 6.45) is 3.44. The van der Waals surface area contributed by atoms with Crippen LogP contribution in [0.5, 0.6) is 0 Å². The molecule has 1 fully saturated rings. The van der Waals surface area contributed by atoms with Gasteiger partial charge in [-0.1, -0.05) is 41.4 Å². The number of nitrogens with one attached hydrogen (secondary N) is 1. The minimum Gasteiger partial charge on any atom is -0.379 e. The van der Waals surface area contributed by atoms with Crippen molar-refractivity contribution in [1.29, 1.82) is 0 Å². The van der Waals surface area contributed by atoms with Crippen molar-refractivity contribution < 1.29 is 17.9 Å². The number of hydrogen-bond acceptors (Lipinski definition) is 5. The van der Waals surface area contributed by atoms with Crippen molar-refractivity contribution in [3.05, 3.63) is 76.0 Å². The lowest BCUT2D eigenvalue weighted by atomic mass is 10.2. The van der Waals surface area contributed by atoms with Gasteiger partial charge < -0.3 is 10.1 Å². The van der Waals surface area contributed by atoms with Gasteiger partial charge in [0.15, 0.2) is 0 Å². The average molecular weight is 495 g/mol. The molecule has 1 saturated heterocycles. The van der Waals surface area contributed by atoms with Crippen LogP contribution in [0.15, 0.2) is 59.8 Å². The van der Waals surface area contributed by atoms with E-state index in [1.807, 2.05) is 30.3 Å². The summed E-state index contributed by atoms with van der Waals surface area (Å²) < 4.78 is 34.2. The monoisotopic (exact) mass is 494 g/mol. The fourth-order valence-electron chi connectivity index (χ4n) is 3.28. The normalized spacial score (nSPS) is 14.9. The molecule has 0 atom stereocenters. The number of hydrogen-bond donors (Lipinski definition) is 1. The largest absolute Gasteiger partial charge is 0.379 e. The van der Waals surface area contributed by atoms with Gasteiger partial charge in [-0.3, -0.25) is 4.79 Å². The minimum absolute atomic E-state index is 0.0263. The van der Waals surface area contributed by atoms with Crippen LogP contribution in [-0.4, -0.2) is 54.7 Å². The van der Waals surface area contributed by atoms with Crippen molar-refractivity contribution in [2.75, 3.05) is 26.3 Å². The molecule has 0 unspecified atom stereocenters. The van der Waals surface area contributed by atoms with E-state index < -0.39 is 15.9 Å². The highest BCUT2D eigenvalue weighted by molar-refractivity contribution is 7.89. The Hall–Kier alpha value is -2.43. The fourth-order valence-corrected chi connectivity index (χ4v) is 5.52. The zero-order chi connectivity index (χ0) is 22.7. The molecule has 0 aliphatic carbocycles. The smallest absolute Gasteiger partial charge is 0.253 e. The first-order valence-electron chi connectivity index (χ1n) is 9.80. The average Bonchev–Trinajstić information content (AvgIpc) is 3.28. The van der Waals surface area contributed by atoms with Crippen LogP contribution in [0.25, 0.3) is 5.69 Å². The van der Waals surface area contributed by atoms with E-state index in [0.29, 0.717) is 13.2 Å². The second-order valence-electron chi connectivity index (χ2n) is 7.09. The summed E-state index contributed by atoms with van der Waals surface area (Å²) in [5, 5.41) is 7.07. The molecule has 1 amide bonds. The molecule has 8 nitrogen and oxygen atoms in total. The molecular formula is C21H20Cl2N4O4S. The predicted octanol–water partition coefficient (Wildman–Crippen LogP) is 3.13. The van der Waals surface area contributed by atoms with E-state index in [4.69, 9.17) is 27.9 Å². The van der Waals surface area contributed by atoms with Crippen molar-refractivity contribution in [3.8, 4) is 5.69 Å². The minimum atomic E-state index is -3.89. The van der Waals surface area contributed by atoms with E-state index in [9.17, 15) is 13.2 Å². The third-order valence-electron chi connectivity index (χ3n) is 4.96. The molecule has 1 aliphatic heterocycles. The summed E-state index contributed by atoms with van der Waals surface area (Å²) in [4.78, 5) is 12.6. The van der Waals surface area contributed by atoms with Crippen LogP contribution in [0.3, 0.4) is 0 Å². The number of carbonyl (C=O) groups excluding carboxylic acids is 1. The zero-order valence-electron chi connectivity index (χ0n) is 16.9. The van der Waals surface area contributed by atoms with Crippen molar-refractivity contribution in [3.63, 3.8) is 0 Å². The summed E-state index contributed by atoms with van der Waals surface area (Å²) in [5.74, 6) is -0.516. The second kappa shape index (κ2) is 9.60. The summed E-state index contributed by atoms with van der Waals surface area (Å²) in [6, 6.07) is 12.1. The van der Waals surface area contributed by atoms with Gasteiger partial charge in [-0.05, 0) is 24.3 Å². The SMILES string of the molecule is O=C(NCc1cnn(-c2ccccc2)c1)c1cc(S(=O)(=O)N2CCOCC2)c(Cl)cc1Cl. The van der Waals surface area contributed by atoms with E-state index in [1.165, 1.54) is 16.4 Å². The van der Waals surface area contributed by atoms with Gasteiger partial charge in [-0.15, -0.1) is 0 Å². The molecule has 2 aromatic carbocycles. The van der Waals surface area contributed by atoms with Gasteiger partial charge in [0.25, 0.3) is 5.91 Å². The molecule has 1 aliphatic rings. The molecular weight excluding hydrogens is 475 g/mol. The molecule has 2 heterocycles. The van der Waals surface area contributed by atoms with Crippen LogP contribution in [0.2, 0.25) is 10.0 Å². The molecule has 1 aromatic heterocycles. The summed E-state index contributed by atoms with van der Waals surface area (Å²) in [6.45, 7) is 1.22. The number of sulfonamides is 1. The van der Waals surface area contributed by atoms with Crippen molar-refractivity contribution >= 4 is 39.1 Å². The van der Waals surface area contributed by atoms with Crippen molar-refractivity contribution in [2.24, 2.45) is 0 Å². The van der Waals surface area contributed by atoms with Crippen molar-refractivity contribution in [2.45, 2.75) is 11.4 Å². The molecule has 1 N–H and O–H groups in total. The molecule has 0 radical (unpaired) electrons. The zero-order valence-corrected chi connectivity index (χ0v) is 19.2. The van der Waals surface area contributed by atoms with Crippen LogP contribution in [-0.2, 0) is 21.3 Å².